The van der Waals surface area contributed by atoms with Crippen LogP contribution in [0, 0.1) is 0 Å². The minimum atomic E-state index is -1.19. The van der Waals surface area contributed by atoms with Gasteiger partial charge in [-0.1, -0.05) is 42.5 Å². The molecule has 0 radical (unpaired) electrons. The highest BCUT2D eigenvalue weighted by Gasteiger charge is 2.60. The predicted molar refractivity (Wildman–Crippen MR) is 171 cm³/mol. The molecule has 0 N–H and O–H groups in total. The normalized spacial score (nSPS) is 16.7. The Kier molecular flexibility index (Phi) is 8.30. The van der Waals surface area contributed by atoms with E-state index in [4.69, 9.17) is 9.47 Å². The molecule has 2 saturated heterocycles. The van der Waals surface area contributed by atoms with Gasteiger partial charge in [-0.05, 0) is 56.9 Å². The number of nitrogens with zero attached hydrogens (tertiary/aromatic N) is 7. The van der Waals surface area contributed by atoms with E-state index in [0.717, 1.165) is 11.1 Å². The summed E-state index contributed by atoms with van der Waals surface area (Å²) in [5.74, 6) is 0.458. The summed E-state index contributed by atoms with van der Waals surface area (Å²) in [5, 5.41) is 0. The number of ether oxygens (including phenoxy) is 2. The highest BCUT2D eigenvalue weighted by Crippen LogP contribution is 2.42. The van der Waals surface area contributed by atoms with Crippen LogP contribution in [0.15, 0.2) is 79.3 Å². The summed E-state index contributed by atoms with van der Waals surface area (Å²) >= 11 is 0. The van der Waals surface area contributed by atoms with Crippen molar-refractivity contribution in [3.8, 4) is 17.0 Å². The third-order valence-electron chi connectivity index (χ3n) is 8.24. The van der Waals surface area contributed by atoms with Gasteiger partial charge in [0.15, 0.2) is 0 Å². The van der Waals surface area contributed by atoms with Crippen LogP contribution in [0.25, 0.3) is 11.1 Å². The number of imidazole rings is 1. The number of hydrogen-bond acceptors (Lipinski definition) is 9. The maximum Gasteiger partial charge on any atom is 0.339 e. The zero-order valence-electron chi connectivity index (χ0n) is 26.4. The van der Waals surface area contributed by atoms with Gasteiger partial charge in [0.05, 0.1) is 19.3 Å². The van der Waals surface area contributed by atoms with Crippen molar-refractivity contribution < 1.29 is 23.9 Å². The molecule has 0 saturated carbocycles. The summed E-state index contributed by atoms with van der Waals surface area (Å²) in [7, 11) is 1.49. The summed E-state index contributed by atoms with van der Waals surface area (Å²) in [6.45, 7) is 7.01. The predicted octanol–water partition coefficient (Wildman–Crippen LogP) is 4.70. The minimum Gasteiger partial charge on any atom is -0.481 e. The molecule has 1 spiro atoms. The Labute approximate surface area is 267 Å². The van der Waals surface area contributed by atoms with Crippen molar-refractivity contribution in [3.05, 3.63) is 85.1 Å². The third-order valence-corrected chi connectivity index (χ3v) is 8.24. The van der Waals surface area contributed by atoms with Gasteiger partial charge in [-0.25, -0.2) is 24.6 Å². The lowest BCUT2D eigenvalue weighted by molar-refractivity contribution is -0.155. The number of amides is 3. The van der Waals surface area contributed by atoms with Gasteiger partial charge in [0, 0.05) is 37.7 Å². The highest BCUT2D eigenvalue weighted by atomic mass is 16.6. The number of rotatable bonds is 8. The lowest BCUT2D eigenvalue weighted by atomic mass is 9.86. The van der Waals surface area contributed by atoms with Crippen LogP contribution in [0.4, 0.5) is 16.4 Å². The molecule has 2 aliphatic rings. The molecule has 4 heterocycles. The Hall–Kier alpha value is -5.10. The van der Waals surface area contributed by atoms with Gasteiger partial charge in [-0.2, -0.15) is 4.98 Å². The summed E-state index contributed by atoms with van der Waals surface area (Å²) < 4.78 is 12.6. The van der Waals surface area contributed by atoms with E-state index in [-0.39, 0.29) is 24.4 Å². The fourth-order valence-corrected chi connectivity index (χ4v) is 6.03. The number of carbonyl (C=O) groups excluding carboxylic acids is 3. The molecule has 12 heteroatoms. The first-order valence-electron chi connectivity index (χ1n) is 15.2. The molecule has 3 amide bonds. The SMILES string of the molecule is COc1ccnc(N2C(=O)N(c3ccc(-c4ccccc4)cc3)C(=O)C23CCN(Cc2nccn2CC(=O)OC(C)(C)C)CC3)n1. The minimum absolute atomic E-state index is 0.0519. The molecule has 4 aromatic rings. The Balaban J connectivity index is 1.25. The molecule has 0 bridgehead atoms. The number of esters is 1. The summed E-state index contributed by atoms with van der Waals surface area (Å²) in [5.41, 5.74) is 0.718. The number of methoxy groups -OCH3 is 1. The van der Waals surface area contributed by atoms with Crippen LogP contribution in [0.3, 0.4) is 0 Å². The molecule has 2 aliphatic heterocycles. The number of piperidine rings is 1. The van der Waals surface area contributed by atoms with Crippen LogP contribution in [0.1, 0.15) is 39.4 Å². The zero-order valence-corrected chi connectivity index (χ0v) is 26.4. The maximum atomic E-state index is 14.4. The summed E-state index contributed by atoms with van der Waals surface area (Å²) in [6.07, 6.45) is 5.64. The monoisotopic (exact) mass is 623 g/mol. The molecule has 2 fully saturated rings. The Morgan fingerprint density at radius 2 is 1.61 bits per heavy atom. The van der Waals surface area contributed by atoms with Crippen molar-refractivity contribution in [3.63, 3.8) is 0 Å². The number of imide groups is 1. The number of carbonyl (C=O) groups is 3. The molecule has 2 aromatic heterocycles. The van der Waals surface area contributed by atoms with E-state index < -0.39 is 17.2 Å². The van der Waals surface area contributed by atoms with Crippen LogP contribution < -0.4 is 14.5 Å². The second kappa shape index (κ2) is 12.4. The van der Waals surface area contributed by atoms with Gasteiger partial charge in [0.1, 0.15) is 23.5 Å². The summed E-state index contributed by atoms with van der Waals surface area (Å²) in [4.78, 5) is 59.2. The molecule has 0 aliphatic carbocycles. The molecule has 238 valence electrons. The number of hydrogen-bond donors (Lipinski definition) is 0. The largest absolute Gasteiger partial charge is 0.481 e. The van der Waals surface area contributed by atoms with Crippen molar-refractivity contribution in [1.82, 2.24) is 24.4 Å². The van der Waals surface area contributed by atoms with Gasteiger partial charge in [0.25, 0.3) is 5.91 Å². The molecule has 46 heavy (non-hydrogen) atoms. The molecule has 0 unspecified atom stereocenters. The lowest BCUT2D eigenvalue weighted by Gasteiger charge is -2.41. The van der Waals surface area contributed by atoms with E-state index in [9.17, 15) is 14.4 Å². The molecule has 6 rings (SSSR count). The third kappa shape index (κ3) is 6.08. The smallest absolute Gasteiger partial charge is 0.339 e. The molecule has 12 nitrogen and oxygen atoms in total. The first-order valence-corrected chi connectivity index (χ1v) is 15.2. The Morgan fingerprint density at radius 3 is 2.28 bits per heavy atom. The first-order chi connectivity index (χ1) is 22.1. The van der Waals surface area contributed by atoms with Crippen LogP contribution >= 0.6 is 0 Å². The van der Waals surface area contributed by atoms with Crippen molar-refractivity contribution in [1.29, 1.82) is 0 Å². The fraction of sp³-hybridized carbons (Fsp3) is 0.353. The second-order valence-corrected chi connectivity index (χ2v) is 12.4. The standard InChI is InChI=1S/C34H37N7O5/c1-33(2,3)46-29(42)23-39-21-18-35-27(39)22-38-19-15-34(16-20-38)30(43)40(32(44)41(34)31-36-17-14-28(37-31)45-4)26-12-10-25(11-13-26)24-8-6-5-7-9-24/h5-14,17-18,21H,15-16,19-20,22-23H2,1-4H3. The molecule has 0 atom stereocenters. The lowest BCUT2D eigenvalue weighted by Crippen LogP contribution is -2.57. The number of benzene rings is 2. The van der Waals surface area contributed by atoms with Crippen molar-refractivity contribution >= 4 is 29.5 Å². The van der Waals surface area contributed by atoms with E-state index in [2.05, 4.69) is 19.9 Å². The van der Waals surface area contributed by atoms with E-state index in [1.54, 1.807) is 35.2 Å². The van der Waals surface area contributed by atoms with Crippen LogP contribution in [0.2, 0.25) is 0 Å². The fourth-order valence-electron chi connectivity index (χ4n) is 6.03. The van der Waals surface area contributed by atoms with Gasteiger partial charge < -0.3 is 14.0 Å². The van der Waals surface area contributed by atoms with Crippen molar-refractivity contribution in [2.75, 3.05) is 30.0 Å². The average Bonchev–Trinajstić information content (AvgIpc) is 3.56. The van der Waals surface area contributed by atoms with E-state index in [1.165, 1.54) is 23.1 Å². The molecular formula is C34H37N7O5. The highest BCUT2D eigenvalue weighted by molar-refractivity contribution is 6.30. The Bertz CT molecular complexity index is 1720. The number of aromatic nitrogens is 4. The number of urea groups is 1. The number of anilines is 2. The molecular weight excluding hydrogens is 586 g/mol. The van der Waals surface area contributed by atoms with Gasteiger partial charge >= 0.3 is 12.0 Å². The van der Waals surface area contributed by atoms with Crippen LogP contribution in [0.5, 0.6) is 5.88 Å². The number of likely N-dealkylation sites (tertiary alicyclic amines) is 1. The second-order valence-electron chi connectivity index (χ2n) is 12.4. The van der Waals surface area contributed by atoms with Gasteiger partial charge in [0.2, 0.25) is 11.8 Å². The maximum absolute atomic E-state index is 14.4. The quantitative estimate of drug-likeness (QED) is 0.203. The molecule has 2 aromatic carbocycles. The Morgan fingerprint density at radius 1 is 0.913 bits per heavy atom. The zero-order chi connectivity index (χ0) is 32.5. The van der Waals surface area contributed by atoms with Gasteiger partial charge in [-0.15, -0.1) is 0 Å². The van der Waals surface area contributed by atoms with E-state index in [1.807, 2.05) is 63.2 Å². The average molecular weight is 624 g/mol. The van der Waals surface area contributed by atoms with Crippen LogP contribution in [-0.2, 0) is 27.4 Å². The van der Waals surface area contributed by atoms with Crippen molar-refractivity contribution in [2.24, 2.45) is 0 Å². The topological polar surface area (TPSA) is 123 Å². The first kappa shape index (κ1) is 30.9. The summed E-state index contributed by atoms with van der Waals surface area (Å²) in [6, 6.07) is 18.4. The van der Waals surface area contributed by atoms with Crippen LogP contribution in [-0.4, -0.2) is 73.7 Å². The van der Waals surface area contributed by atoms with E-state index >= 15 is 0 Å². The van der Waals surface area contributed by atoms with Gasteiger partial charge in [-0.3, -0.25) is 14.5 Å². The van der Waals surface area contributed by atoms with Crippen molar-refractivity contribution in [2.45, 2.75) is 57.8 Å². The van der Waals surface area contributed by atoms with E-state index in [0.29, 0.717) is 49.9 Å².